The Kier molecular flexibility index (Phi) is 6.06. The Morgan fingerprint density at radius 1 is 0.848 bits per heavy atom. The standard InChI is InChI=1S/C26H28ClN3O3/c1-31-19-10-6-17(7-11-19)25-21-15-30(14-16-4-8-18(27)9-5-16)22-13-24(33-3)23(32-2)12-20(22)26(21)29-28-25/h4-13,21,25-26,28-29H,14-15H2,1-3H3. The third-order valence-electron chi connectivity index (χ3n) is 6.65. The van der Waals surface area contributed by atoms with Crippen LogP contribution in [0.3, 0.4) is 0 Å². The number of hydrogen-bond acceptors (Lipinski definition) is 6. The van der Waals surface area contributed by atoms with Crippen LogP contribution in [0.2, 0.25) is 5.02 Å². The van der Waals surface area contributed by atoms with Crippen molar-refractivity contribution in [3.63, 3.8) is 0 Å². The number of fused-ring (bicyclic) bond motifs is 3. The fourth-order valence-corrected chi connectivity index (χ4v) is 5.09. The number of benzene rings is 3. The highest BCUT2D eigenvalue weighted by molar-refractivity contribution is 6.30. The zero-order valence-corrected chi connectivity index (χ0v) is 19.7. The number of hydrogen-bond donors (Lipinski definition) is 2. The maximum atomic E-state index is 6.12. The van der Waals surface area contributed by atoms with E-state index in [2.05, 4.69) is 52.1 Å². The topological polar surface area (TPSA) is 55.0 Å². The number of nitrogens with zero attached hydrogens (tertiary/aromatic N) is 1. The fraction of sp³-hybridized carbons (Fsp3) is 0.308. The minimum Gasteiger partial charge on any atom is -0.497 e. The van der Waals surface area contributed by atoms with E-state index in [4.69, 9.17) is 25.8 Å². The van der Waals surface area contributed by atoms with Crippen LogP contribution in [0.1, 0.15) is 28.8 Å². The molecule has 0 spiro atoms. The van der Waals surface area contributed by atoms with Crippen LogP contribution in [0.4, 0.5) is 5.69 Å². The summed E-state index contributed by atoms with van der Waals surface area (Å²) in [5, 5.41) is 0.744. The lowest BCUT2D eigenvalue weighted by atomic mass is 9.81. The largest absolute Gasteiger partial charge is 0.497 e. The van der Waals surface area contributed by atoms with E-state index in [1.54, 1.807) is 21.3 Å². The maximum Gasteiger partial charge on any atom is 0.162 e. The second kappa shape index (κ2) is 9.14. The second-order valence-corrected chi connectivity index (χ2v) is 8.89. The van der Waals surface area contributed by atoms with Crippen LogP contribution in [-0.2, 0) is 6.54 Å². The Labute approximate surface area is 199 Å². The predicted octanol–water partition coefficient (Wildman–Crippen LogP) is 4.89. The first-order chi connectivity index (χ1) is 16.1. The molecule has 0 aromatic heterocycles. The van der Waals surface area contributed by atoms with E-state index >= 15 is 0 Å². The van der Waals surface area contributed by atoms with Crippen molar-refractivity contribution in [3.8, 4) is 17.2 Å². The monoisotopic (exact) mass is 465 g/mol. The molecule has 0 saturated carbocycles. The van der Waals surface area contributed by atoms with Gasteiger partial charge in [0.2, 0.25) is 0 Å². The smallest absolute Gasteiger partial charge is 0.162 e. The molecule has 2 aliphatic heterocycles. The number of methoxy groups -OCH3 is 3. The summed E-state index contributed by atoms with van der Waals surface area (Å²) < 4.78 is 16.6. The van der Waals surface area contributed by atoms with E-state index in [-0.39, 0.29) is 12.1 Å². The van der Waals surface area contributed by atoms with Gasteiger partial charge in [-0.05, 0) is 47.0 Å². The molecular formula is C26H28ClN3O3. The molecule has 0 amide bonds. The predicted molar refractivity (Wildman–Crippen MR) is 130 cm³/mol. The minimum atomic E-state index is 0.147. The fourth-order valence-electron chi connectivity index (χ4n) is 4.97. The molecule has 33 heavy (non-hydrogen) atoms. The quantitative estimate of drug-likeness (QED) is 0.540. The van der Waals surface area contributed by atoms with Crippen molar-refractivity contribution in [3.05, 3.63) is 82.4 Å². The number of nitrogens with one attached hydrogen (secondary N) is 2. The molecule has 3 unspecified atom stereocenters. The number of ether oxygens (including phenoxy) is 3. The zero-order chi connectivity index (χ0) is 22.9. The molecule has 1 fully saturated rings. The van der Waals surface area contributed by atoms with Crippen molar-refractivity contribution in [2.75, 3.05) is 32.8 Å². The summed E-state index contributed by atoms with van der Waals surface area (Å²) in [4.78, 5) is 2.42. The summed E-state index contributed by atoms with van der Waals surface area (Å²) in [6.07, 6.45) is 0. The van der Waals surface area contributed by atoms with E-state index in [0.29, 0.717) is 5.92 Å². The van der Waals surface area contributed by atoms with Gasteiger partial charge >= 0.3 is 0 Å². The molecule has 1 saturated heterocycles. The molecule has 0 radical (unpaired) electrons. The van der Waals surface area contributed by atoms with Crippen molar-refractivity contribution in [1.82, 2.24) is 10.9 Å². The molecular weight excluding hydrogens is 438 g/mol. The van der Waals surface area contributed by atoms with Gasteiger partial charge in [-0.3, -0.25) is 0 Å². The van der Waals surface area contributed by atoms with Gasteiger partial charge in [-0.15, -0.1) is 0 Å². The van der Waals surface area contributed by atoms with Crippen LogP contribution in [-0.4, -0.2) is 27.9 Å². The Balaban J connectivity index is 1.54. The number of hydrazine groups is 1. The average Bonchev–Trinajstić information content (AvgIpc) is 3.28. The molecule has 172 valence electrons. The normalized spacial score (nSPS) is 21.3. The van der Waals surface area contributed by atoms with Crippen LogP contribution in [0.15, 0.2) is 60.7 Å². The summed E-state index contributed by atoms with van der Waals surface area (Å²) >= 11 is 6.12. The maximum absolute atomic E-state index is 6.12. The molecule has 3 aromatic carbocycles. The van der Waals surface area contributed by atoms with Crippen molar-refractivity contribution in [2.45, 2.75) is 18.6 Å². The molecule has 2 heterocycles. The highest BCUT2D eigenvalue weighted by Crippen LogP contribution is 2.49. The van der Waals surface area contributed by atoms with Gasteiger partial charge in [0.05, 0.1) is 33.4 Å². The van der Waals surface area contributed by atoms with Gasteiger partial charge in [-0.1, -0.05) is 35.9 Å². The Morgan fingerprint density at radius 3 is 2.18 bits per heavy atom. The first-order valence-corrected chi connectivity index (χ1v) is 11.4. The van der Waals surface area contributed by atoms with Crippen LogP contribution >= 0.6 is 11.6 Å². The van der Waals surface area contributed by atoms with Gasteiger partial charge in [0.15, 0.2) is 11.5 Å². The molecule has 3 aromatic rings. The van der Waals surface area contributed by atoms with Crippen molar-refractivity contribution < 1.29 is 14.2 Å². The number of halogens is 1. The van der Waals surface area contributed by atoms with Crippen molar-refractivity contribution in [1.29, 1.82) is 0 Å². The molecule has 0 aliphatic carbocycles. The average molecular weight is 466 g/mol. The molecule has 3 atom stereocenters. The SMILES string of the molecule is COc1ccc(C2NNC3c4cc(OC)c(OC)cc4N(Cc4ccc(Cl)cc4)CC23)cc1. The summed E-state index contributed by atoms with van der Waals surface area (Å²) in [7, 11) is 5.04. The summed E-state index contributed by atoms with van der Waals surface area (Å²) in [6.45, 7) is 1.66. The molecule has 7 heteroatoms. The van der Waals surface area contributed by atoms with Crippen LogP contribution < -0.4 is 30.0 Å². The number of rotatable bonds is 6. The van der Waals surface area contributed by atoms with Crippen LogP contribution in [0, 0.1) is 5.92 Å². The van der Waals surface area contributed by atoms with Gasteiger partial charge in [-0.2, -0.15) is 0 Å². The van der Waals surface area contributed by atoms with E-state index < -0.39 is 0 Å². The van der Waals surface area contributed by atoms with Gasteiger partial charge in [-0.25, -0.2) is 10.9 Å². The van der Waals surface area contributed by atoms with Gasteiger partial charge < -0.3 is 19.1 Å². The van der Waals surface area contributed by atoms with Crippen molar-refractivity contribution >= 4 is 17.3 Å². The van der Waals surface area contributed by atoms with E-state index in [9.17, 15) is 0 Å². The Bertz CT molecular complexity index is 1120. The second-order valence-electron chi connectivity index (χ2n) is 8.45. The lowest BCUT2D eigenvalue weighted by Crippen LogP contribution is -2.39. The van der Waals surface area contributed by atoms with E-state index in [1.807, 2.05) is 24.3 Å². The Morgan fingerprint density at radius 2 is 1.52 bits per heavy atom. The summed E-state index contributed by atoms with van der Waals surface area (Å²) in [5.41, 5.74) is 11.9. The third-order valence-corrected chi connectivity index (χ3v) is 6.90. The molecule has 6 nitrogen and oxygen atoms in total. The Hall–Kier alpha value is -2.93. The third kappa shape index (κ3) is 4.10. The molecule has 5 rings (SSSR count). The van der Waals surface area contributed by atoms with Gasteiger partial charge in [0, 0.05) is 35.8 Å². The molecule has 2 aliphatic rings. The highest BCUT2D eigenvalue weighted by Gasteiger charge is 2.43. The first-order valence-electron chi connectivity index (χ1n) is 11.0. The highest BCUT2D eigenvalue weighted by atomic mass is 35.5. The zero-order valence-electron chi connectivity index (χ0n) is 19.0. The minimum absolute atomic E-state index is 0.147. The number of anilines is 1. The molecule has 0 bridgehead atoms. The van der Waals surface area contributed by atoms with Crippen LogP contribution in [0.5, 0.6) is 17.2 Å². The first kappa shape index (κ1) is 21.9. The van der Waals surface area contributed by atoms with E-state index in [0.717, 1.165) is 41.0 Å². The van der Waals surface area contributed by atoms with Crippen molar-refractivity contribution in [2.24, 2.45) is 5.92 Å². The summed E-state index contributed by atoms with van der Waals surface area (Å²) in [5.74, 6) is 2.64. The van der Waals surface area contributed by atoms with E-state index in [1.165, 1.54) is 16.7 Å². The lowest BCUT2D eigenvalue weighted by molar-refractivity contribution is 0.350. The summed E-state index contributed by atoms with van der Waals surface area (Å²) in [6, 6.07) is 20.8. The van der Waals surface area contributed by atoms with Gasteiger partial charge in [0.25, 0.3) is 0 Å². The lowest BCUT2D eigenvalue weighted by Gasteiger charge is -2.39. The van der Waals surface area contributed by atoms with Crippen LogP contribution in [0.25, 0.3) is 0 Å². The molecule has 2 N–H and O–H groups in total. The van der Waals surface area contributed by atoms with Gasteiger partial charge in [0.1, 0.15) is 5.75 Å².